The number of hydrogen-bond donors (Lipinski definition) is 1. The minimum Gasteiger partial charge on any atom is -0.486 e. The van der Waals surface area contributed by atoms with Crippen LogP contribution in [0.25, 0.3) is 0 Å². The summed E-state index contributed by atoms with van der Waals surface area (Å²) in [5.41, 5.74) is 2.11. The maximum Gasteiger partial charge on any atom is 0.134 e. The molecule has 1 aromatic heterocycles. The van der Waals surface area contributed by atoms with Crippen molar-refractivity contribution in [2.45, 2.75) is 13.2 Å². The Kier molecular flexibility index (Phi) is 6.22. The van der Waals surface area contributed by atoms with E-state index in [2.05, 4.69) is 38.5 Å². The third-order valence-electron chi connectivity index (χ3n) is 2.95. The number of hydrogen-bond acceptors (Lipinski definition) is 4. The predicted octanol–water partition coefficient (Wildman–Crippen LogP) is 2.50. The minimum atomic E-state index is 0.463. The Bertz CT molecular complexity index is 572. The number of nitrogens with one attached hydrogen (secondary N) is 1. The number of aryl methyl sites for hydroxylation is 1. The van der Waals surface area contributed by atoms with Gasteiger partial charge in [-0.3, -0.25) is 4.68 Å². The van der Waals surface area contributed by atoms with Gasteiger partial charge in [-0.2, -0.15) is 5.10 Å². The van der Waals surface area contributed by atoms with Gasteiger partial charge < -0.3 is 14.8 Å². The molecule has 0 fully saturated rings. The topological polar surface area (TPSA) is 48.3 Å². The van der Waals surface area contributed by atoms with Crippen LogP contribution in [-0.4, -0.2) is 30.0 Å². The molecule has 1 heterocycles. The second-order valence-corrected chi connectivity index (χ2v) is 5.56. The third kappa shape index (κ3) is 5.15. The fraction of sp³-hybridized carbons (Fsp3) is 0.400. The highest BCUT2D eigenvalue weighted by atomic mass is 79.9. The van der Waals surface area contributed by atoms with Crippen molar-refractivity contribution in [2.24, 2.45) is 7.05 Å². The Hall–Kier alpha value is -1.37. The summed E-state index contributed by atoms with van der Waals surface area (Å²) in [6.07, 6.45) is 1.91. The molecule has 2 rings (SSSR count). The summed E-state index contributed by atoms with van der Waals surface area (Å²) in [5.74, 6) is 0.821. The monoisotopic (exact) mass is 353 g/mol. The Labute approximate surface area is 133 Å². The molecule has 6 heteroatoms. The molecule has 0 aliphatic carbocycles. The van der Waals surface area contributed by atoms with Gasteiger partial charge in [0.1, 0.15) is 12.4 Å². The SMILES string of the molecule is COCCNCc1ccc(OCc2ccn(C)n2)c(Br)c1. The number of aromatic nitrogens is 2. The average Bonchev–Trinajstić information content (AvgIpc) is 2.88. The quantitative estimate of drug-likeness (QED) is 0.740. The van der Waals surface area contributed by atoms with Crippen LogP contribution in [0.4, 0.5) is 0 Å². The van der Waals surface area contributed by atoms with E-state index in [9.17, 15) is 0 Å². The van der Waals surface area contributed by atoms with E-state index in [1.807, 2.05) is 25.4 Å². The van der Waals surface area contributed by atoms with Crippen molar-refractivity contribution in [1.82, 2.24) is 15.1 Å². The third-order valence-corrected chi connectivity index (χ3v) is 3.57. The van der Waals surface area contributed by atoms with E-state index in [1.165, 1.54) is 5.56 Å². The first-order valence-corrected chi connectivity index (χ1v) is 7.57. The zero-order valence-electron chi connectivity index (χ0n) is 12.3. The van der Waals surface area contributed by atoms with E-state index in [0.29, 0.717) is 13.2 Å². The maximum atomic E-state index is 5.77. The standard InChI is InChI=1S/C15H20BrN3O2/c1-19-7-5-13(18-19)11-21-15-4-3-12(9-14(15)16)10-17-6-8-20-2/h3-5,7,9,17H,6,8,10-11H2,1-2H3. The smallest absolute Gasteiger partial charge is 0.134 e. The zero-order valence-corrected chi connectivity index (χ0v) is 13.9. The van der Waals surface area contributed by atoms with Gasteiger partial charge >= 0.3 is 0 Å². The van der Waals surface area contributed by atoms with Gasteiger partial charge in [0.2, 0.25) is 0 Å². The van der Waals surface area contributed by atoms with E-state index >= 15 is 0 Å². The number of ether oxygens (including phenoxy) is 2. The molecule has 0 bridgehead atoms. The molecule has 0 aliphatic rings. The molecular weight excluding hydrogens is 334 g/mol. The Morgan fingerprint density at radius 2 is 2.19 bits per heavy atom. The van der Waals surface area contributed by atoms with Gasteiger partial charge in [-0.25, -0.2) is 0 Å². The number of rotatable bonds is 8. The van der Waals surface area contributed by atoms with Gasteiger partial charge in [-0.15, -0.1) is 0 Å². The van der Waals surface area contributed by atoms with Gasteiger partial charge in [0.25, 0.3) is 0 Å². The first-order chi connectivity index (χ1) is 10.2. The molecule has 0 atom stereocenters. The predicted molar refractivity (Wildman–Crippen MR) is 85.3 cm³/mol. The normalized spacial score (nSPS) is 10.8. The average molecular weight is 354 g/mol. The largest absolute Gasteiger partial charge is 0.486 e. The lowest BCUT2D eigenvalue weighted by Crippen LogP contribution is -2.18. The van der Waals surface area contributed by atoms with E-state index in [4.69, 9.17) is 9.47 Å². The van der Waals surface area contributed by atoms with Gasteiger partial charge in [0.15, 0.2) is 0 Å². The summed E-state index contributed by atoms with van der Waals surface area (Å²) in [7, 11) is 3.59. The molecule has 0 radical (unpaired) electrons. The van der Waals surface area contributed by atoms with Gasteiger partial charge in [0, 0.05) is 33.4 Å². The van der Waals surface area contributed by atoms with Crippen molar-refractivity contribution in [3.05, 3.63) is 46.2 Å². The van der Waals surface area contributed by atoms with Crippen LogP contribution in [0.5, 0.6) is 5.75 Å². The first kappa shape index (κ1) is 16.0. The summed E-state index contributed by atoms with van der Waals surface area (Å²) >= 11 is 3.55. The summed E-state index contributed by atoms with van der Waals surface area (Å²) in [6.45, 7) is 2.83. The van der Waals surface area contributed by atoms with Crippen LogP contribution in [-0.2, 0) is 24.9 Å². The van der Waals surface area contributed by atoms with Crippen LogP contribution in [0.2, 0.25) is 0 Å². The van der Waals surface area contributed by atoms with E-state index in [-0.39, 0.29) is 0 Å². The molecule has 0 unspecified atom stereocenters. The molecular formula is C15H20BrN3O2. The van der Waals surface area contributed by atoms with Crippen molar-refractivity contribution in [2.75, 3.05) is 20.3 Å². The van der Waals surface area contributed by atoms with Crippen LogP contribution in [0.3, 0.4) is 0 Å². The molecule has 1 aromatic carbocycles. The molecule has 0 spiro atoms. The first-order valence-electron chi connectivity index (χ1n) is 6.78. The van der Waals surface area contributed by atoms with Crippen LogP contribution in [0.15, 0.2) is 34.9 Å². The highest BCUT2D eigenvalue weighted by molar-refractivity contribution is 9.10. The van der Waals surface area contributed by atoms with Crippen molar-refractivity contribution in [3.8, 4) is 5.75 Å². The summed E-state index contributed by atoms with van der Waals surface area (Å²) < 4.78 is 13.5. The minimum absolute atomic E-state index is 0.463. The zero-order chi connectivity index (χ0) is 15.1. The van der Waals surface area contributed by atoms with Gasteiger partial charge in [-0.05, 0) is 39.7 Å². The van der Waals surface area contributed by atoms with Crippen molar-refractivity contribution in [1.29, 1.82) is 0 Å². The molecule has 114 valence electrons. The van der Waals surface area contributed by atoms with Crippen LogP contribution in [0.1, 0.15) is 11.3 Å². The molecule has 0 amide bonds. The van der Waals surface area contributed by atoms with Crippen LogP contribution >= 0.6 is 15.9 Å². The second kappa shape index (κ2) is 8.17. The number of benzene rings is 1. The number of methoxy groups -OCH3 is 1. The van der Waals surface area contributed by atoms with Crippen LogP contribution in [0, 0.1) is 0 Å². The summed E-state index contributed by atoms with van der Waals surface area (Å²) in [6, 6.07) is 8.04. The second-order valence-electron chi connectivity index (χ2n) is 4.70. The fourth-order valence-corrected chi connectivity index (χ4v) is 2.41. The van der Waals surface area contributed by atoms with E-state index in [1.54, 1.807) is 11.8 Å². The summed E-state index contributed by atoms with van der Waals surface area (Å²) in [5, 5.41) is 7.60. The Morgan fingerprint density at radius 3 is 2.86 bits per heavy atom. The number of halogens is 1. The Balaban J connectivity index is 1.86. The molecule has 21 heavy (non-hydrogen) atoms. The molecule has 5 nitrogen and oxygen atoms in total. The highest BCUT2D eigenvalue weighted by Gasteiger charge is 2.04. The molecule has 0 saturated carbocycles. The fourth-order valence-electron chi connectivity index (χ4n) is 1.87. The summed E-state index contributed by atoms with van der Waals surface area (Å²) in [4.78, 5) is 0. The van der Waals surface area contributed by atoms with Crippen molar-refractivity contribution in [3.63, 3.8) is 0 Å². The number of nitrogens with zero attached hydrogens (tertiary/aromatic N) is 2. The van der Waals surface area contributed by atoms with E-state index in [0.717, 1.165) is 29.0 Å². The van der Waals surface area contributed by atoms with Crippen molar-refractivity contribution < 1.29 is 9.47 Å². The van der Waals surface area contributed by atoms with Gasteiger partial charge in [0.05, 0.1) is 16.8 Å². The lowest BCUT2D eigenvalue weighted by molar-refractivity contribution is 0.199. The van der Waals surface area contributed by atoms with E-state index < -0.39 is 0 Å². The molecule has 2 aromatic rings. The highest BCUT2D eigenvalue weighted by Crippen LogP contribution is 2.26. The van der Waals surface area contributed by atoms with Crippen LogP contribution < -0.4 is 10.1 Å². The maximum absolute atomic E-state index is 5.77. The molecule has 0 saturated heterocycles. The van der Waals surface area contributed by atoms with Crippen molar-refractivity contribution >= 4 is 15.9 Å². The molecule has 0 aliphatic heterocycles. The van der Waals surface area contributed by atoms with Gasteiger partial charge in [-0.1, -0.05) is 6.07 Å². The Morgan fingerprint density at radius 1 is 1.33 bits per heavy atom. The molecule has 1 N–H and O–H groups in total. The lowest BCUT2D eigenvalue weighted by Gasteiger charge is -2.09. The lowest BCUT2D eigenvalue weighted by atomic mass is 10.2.